The Hall–Kier alpha value is -2.56. The molecular weight excluding hydrogens is 250 g/mol. The molecule has 4 N–H and O–H groups in total. The zero-order valence-corrected chi connectivity index (χ0v) is 10.9. The topological polar surface area (TPSA) is 79.6 Å². The van der Waals surface area contributed by atoms with Gasteiger partial charge in [0.05, 0.1) is 17.4 Å². The van der Waals surface area contributed by atoms with E-state index in [1.54, 1.807) is 6.20 Å². The molecule has 5 nitrogen and oxygen atoms in total. The second-order valence-corrected chi connectivity index (χ2v) is 5.25. The fourth-order valence-electron chi connectivity index (χ4n) is 2.35. The van der Waals surface area contributed by atoms with E-state index >= 15 is 0 Å². The van der Waals surface area contributed by atoms with Crippen molar-refractivity contribution in [3.05, 3.63) is 42.2 Å². The smallest absolute Gasteiger partial charge is 0.153 e. The van der Waals surface area contributed by atoms with Crippen molar-refractivity contribution in [3.63, 3.8) is 0 Å². The van der Waals surface area contributed by atoms with Gasteiger partial charge in [0.2, 0.25) is 0 Å². The third kappa shape index (κ3) is 1.97. The van der Waals surface area contributed by atoms with Crippen molar-refractivity contribution in [3.8, 4) is 0 Å². The summed E-state index contributed by atoms with van der Waals surface area (Å²) in [6.07, 6.45) is 4.27. The summed E-state index contributed by atoms with van der Waals surface area (Å²) >= 11 is 0. The van der Waals surface area contributed by atoms with Gasteiger partial charge in [0.25, 0.3) is 0 Å². The van der Waals surface area contributed by atoms with Gasteiger partial charge in [-0.2, -0.15) is 5.10 Å². The van der Waals surface area contributed by atoms with Crippen LogP contribution in [0.25, 0.3) is 10.9 Å². The number of pyridine rings is 1. The van der Waals surface area contributed by atoms with Crippen molar-refractivity contribution in [1.82, 2.24) is 15.2 Å². The average molecular weight is 265 g/mol. The normalized spacial score (nSPS) is 14.6. The van der Waals surface area contributed by atoms with Crippen LogP contribution in [0.3, 0.4) is 0 Å². The van der Waals surface area contributed by atoms with Crippen LogP contribution in [-0.2, 0) is 0 Å². The van der Waals surface area contributed by atoms with Gasteiger partial charge >= 0.3 is 0 Å². The Morgan fingerprint density at radius 3 is 2.95 bits per heavy atom. The Morgan fingerprint density at radius 1 is 1.20 bits per heavy atom. The number of nitrogen functional groups attached to an aromatic ring is 1. The number of fused-ring (bicyclic) bond motifs is 1. The molecule has 0 aliphatic heterocycles. The Balaban J connectivity index is 1.68. The van der Waals surface area contributed by atoms with Crippen molar-refractivity contribution in [2.75, 3.05) is 11.1 Å². The molecule has 0 atom stereocenters. The zero-order chi connectivity index (χ0) is 13.5. The first-order valence-corrected chi connectivity index (χ1v) is 6.76. The lowest BCUT2D eigenvalue weighted by molar-refractivity contribution is 1.03. The van der Waals surface area contributed by atoms with E-state index in [1.807, 2.05) is 30.3 Å². The van der Waals surface area contributed by atoms with Gasteiger partial charge in [-0.15, -0.1) is 0 Å². The molecular formula is C15H15N5. The highest BCUT2D eigenvalue weighted by Crippen LogP contribution is 2.40. The van der Waals surface area contributed by atoms with Crippen LogP contribution in [0.5, 0.6) is 0 Å². The maximum absolute atomic E-state index is 6.01. The monoisotopic (exact) mass is 265 g/mol. The lowest BCUT2D eigenvalue weighted by Crippen LogP contribution is -2.01. The van der Waals surface area contributed by atoms with Crippen molar-refractivity contribution in [2.45, 2.75) is 18.8 Å². The number of benzene rings is 1. The molecule has 0 saturated heterocycles. The molecule has 1 aliphatic carbocycles. The van der Waals surface area contributed by atoms with Crippen LogP contribution >= 0.6 is 0 Å². The number of H-pyrrole nitrogens is 1. The first kappa shape index (κ1) is 11.3. The minimum absolute atomic E-state index is 0.618. The van der Waals surface area contributed by atoms with E-state index in [2.05, 4.69) is 20.5 Å². The van der Waals surface area contributed by atoms with E-state index in [-0.39, 0.29) is 0 Å². The van der Waals surface area contributed by atoms with E-state index in [0.29, 0.717) is 11.6 Å². The van der Waals surface area contributed by atoms with Crippen LogP contribution in [-0.4, -0.2) is 15.2 Å². The second kappa shape index (κ2) is 4.23. The van der Waals surface area contributed by atoms with Gasteiger partial charge in [-0.25, -0.2) is 4.98 Å². The van der Waals surface area contributed by atoms with Crippen molar-refractivity contribution >= 4 is 28.1 Å². The highest BCUT2D eigenvalue weighted by atomic mass is 15.1. The SMILES string of the molecule is Nc1ccc(C2CC2)nc1Nc1ccc2[nH]ncc2c1. The van der Waals surface area contributed by atoms with E-state index < -0.39 is 0 Å². The summed E-state index contributed by atoms with van der Waals surface area (Å²) in [4.78, 5) is 4.64. The van der Waals surface area contributed by atoms with Gasteiger partial charge in [-0.3, -0.25) is 5.10 Å². The number of nitrogens with zero attached hydrogens (tertiary/aromatic N) is 2. The fourth-order valence-corrected chi connectivity index (χ4v) is 2.35. The van der Waals surface area contributed by atoms with Gasteiger partial charge in [0.15, 0.2) is 5.82 Å². The molecule has 4 rings (SSSR count). The van der Waals surface area contributed by atoms with Gasteiger partial charge in [0, 0.05) is 22.7 Å². The van der Waals surface area contributed by atoms with E-state index in [1.165, 1.54) is 12.8 Å². The standard InChI is InChI=1S/C15H15N5/c16-12-4-6-13(9-1-2-9)19-15(12)18-11-3-5-14-10(7-11)8-17-20-14/h3-9H,1-2,16H2,(H,17,20)(H,18,19). The van der Waals surface area contributed by atoms with E-state index in [0.717, 1.165) is 28.1 Å². The van der Waals surface area contributed by atoms with Crippen LogP contribution in [0.4, 0.5) is 17.2 Å². The van der Waals surface area contributed by atoms with Gasteiger partial charge in [-0.05, 0) is 43.2 Å². The fraction of sp³-hybridized carbons (Fsp3) is 0.200. The summed E-state index contributed by atoms with van der Waals surface area (Å²) < 4.78 is 0. The summed E-state index contributed by atoms with van der Waals surface area (Å²) in [5.41, 5.74) is 9.79. The van der Waals surface area contributed by atoms with Crippen molar-refractivity contribution in [2.24, 2.45) is 0 Å². The van der Waals surface area contributed by atoms with Crippen LogP contribution in [0.15, 0.2) is 36.5 Å². The summed E-state index contributed by atoms with van der Waals surface area (Å²) in [5.74, 6) is 1.35. The first-order valence-electron chi connectivity index (χ1n) is 6.76. The Kier molecular flexibility index (Phi) is 2.39. The highest BCUT2D eigenvalue weighted by Gasteiger charge is 2.25. The van der Waals surface area contributed by atoms with E-state index in [4.69, 9.17) is 5.73 Å². The molecule has 0 amide bonds. The van der Waals surface area contributed by atoms with Crippen LogP contribution < -0.4 is 11.1 Å². The molecule has 3 aromatic rings. The largest absolute Gasteiger partial charge is 0.396 e. The zero-order valence-electron chi connectivity index (χ0n) is 10.9. The number of nitrogens with one attached hydrogen (secondary N) is 2. The minimum Gasteiger partial charge on any atom is -0.396 e. The van der Waals surface area contributed by atoms with Gasteiger partial charge < -0.3 is 11.1 Å². The third-order valence-electron chi connectivity index (χ3n) is 3.65. The minimum atomic E-state index is 0.618. The number of hydrogen-bond donors (Lipinski definition) is 3. The lowest BCUT2D eigenvalue weighted by atomic mass is 10.2. The van der Waals surface area contributed by atoms with Crippen LogP contribution in [0.1, 0.15) is 24.5 Å². The lowest BCUT2D eigenvalue weighted by Gasteiger charge is -2.10. The molecule has 20 heavy (non-hydrogen) atoms. The molecule has 2 heterocycles. The predicted octanol–water partition coefficient (Wildman–Crippen LogP) is 3.16. The number of aromatic amines is 1. The first-order chi connectivity index (χ1) is 9.79. The molecule has 0 radical (unpaired) electrons. The molecule has 5 heteroatoms. The molecule has 0 spiro atoms. The molecule has 1 fully saturated rings. The maximum atomic E-state index is 6.01. The van der Waals surface area contributed by atoms with Crippen LogP contribution in [0, 0.1) is 0 Å². The van der Waals surface area contributed by atoms with Gasteiger partial charge in [0.1, 0.15) is 0 Å². The van der Waals surface area contributed by atoms with Crippen molar-refractivity contribution < 1.29 is 0 Å². The number of aromatic nitrogens is 3. The molecule has 2 aromatic heterocycles. The molecule has 1 aliphatic rings. The highest BCUT2D eigenvalue weighted by molar-refractivity contribution is 5.83. The Bertz CT molecular complexity index is 773. The molecule has 1 aromatic carbocycles. The number of hydrogen-bond acceptors (Lipinski definition) is 4. The number of anilines is 3. The summed E-state index contributed by atoms with van der Waals surface area (Å²) in [6.45, 7) is 0. The number of rotatable bonds is 3. The van der Waals surface area contributed by atoms with Gasteiger partial charge in [-0.1, -0.05) is 0 Å². The average Bonchev–Trinajstić information content (AvgIpc) is 3.19. The van der Waals surface area contributed by atoms with E-state index in [9.17, 15) is 0 Å². The molecule has 0 unspecified atom stereocenters. The second-order valence-electron chi connectivity index (χ2n) is 5.25. The molecule has 0 bridgehead atoms. The Labute approximate surface area is 116 Å². The quantitative estimate of drug-likeness (QED) is 0.679. The molecule has 1 saturated carbocycles. The Morgan fingerprint density at radius 2 is 2.10 bits per heavy atom. The maximum Gasteiger partial charge on any atom is 0.153 e. The summed E-state index contributed by atoms with van der Waals surface area (Å²) in [7, 11) is 0. The predicted molar refractivity (Wildman–Crippen MR) is 80.0 cm³/mol. The van der Waals surface area contributed by atoms with Crippen molar-refractivity contribution in [1.29, 1.82) is 0 Å². The number of nitrogens with two attached hydrogens (primary N) is 1. The summed E-state index contributed by atoms with van der Waals surface area (Å²) in [6, 6.07) is 9.97. The van der Waals surface area contributed by atoms with Crippen LogP contribution in [0.2, 0.25) is 0 Å². The molecule has 100 valence electrons. The third-order valence-corrected chi connectivity index (χ3v) is 3.65. The summed E-state index contributed by atoms with van der Waals surface area (Å²) in [5, 5.41) is 11.3.